The van der Waals surface area contributed by atoms with Crippen LogP contribution in [0.1, 0.15) is 24.5 Å². The molecule has 0 saturated carbocycles. The molecule has 0 aliphatic carbocycles. The maximum Gasteiger partial charge on any atom is 0.243 e. The lowest BCUT2D eigenvalue weighted by Gasteiger charge is -2.31. The average Bonchev–Trinajstić information content (AvgIpc) is 3.38. The van der Waals surface area contributed by atoms with E-state index in [0.29, 0.717) is 35.0 Å². The highest BCUT2D eigenvalue weighted by molar-refractivity contribution is 7.17. The van der Waals surface area contributed by atoms with Gasteiger partial charge in [-0.2, -0.15) is 0 Å². The van der Waals surface area contributed by atoms with Crippen LogP contribution in [0.3, 0.4) is 0 Å². The van der Waals surface area contributed by atoms with Crippen molar-refractivity contribution in [2.75, 3.05) is 18.4 Å². The molecule has 1 N–H and O–H groups in total. The van der Waals surface area contributed by atoms with E-state index in [9.17, 15) is 9.18 Å². The Morgan fingerprint density at radius 2 is 1.97 bits per heavy atom. The van der Waals surface area contributed by atoms with Crippen molar-refractivity contribution in [2.24, 2.45) is 0 Å². The molecule has 0 bridgehead atoms. The topological polar surface area (TPSA) is 76.6 Å². The lowest BCUT2D eigenvalue weighted by molar-refractivity contribution is -0.120. The minimum atomic E-state index is -0.382. The molecule has 1 aliphatic heterocycles. The van der Waals surface area contributed by atoms with Gasteiger partial charge in [0.05, 0.1) is 12.2 Å². The van der Waals surface area contributed by atoms with Gasteiger partial charge in [-0.1, -0.05) is 53.8 Å². The Labute approximate surface area is 224 Å². The average molecular weight is 531 g/mol. The smallest absolute Gasteiger partial charge is 0.243 e. The molecule has 1 atom stereocenters. The standard InChI is InChI=1S/C29H27FN4O3S/c1-20(28(35)33-29-32-17-27(38-29)37-25-11-5-10-24(30)15-25)34-14-6-9-23(18-34)22-12-13-26(31-16-22)36-19-21-7-3-2-4-8-21/h2-5,7-13,15-17,20H,6,14,18-19H2,1H3,(H,32,33,35). The predicted octanol–water partition coefficient (Wildman–Crippen LogP) is 6.16. The summed E-state index contributed by atoms with van der Waals surface area (Å²) < 4.78 is 24.8. The van der Waals surface area contributed by atoms with Crippen LogP contribution in [0.15, 0.2) is 85.2 Å². The van der Waals surface area contributed by atoms with Gasteiger partial charge in [-0.3, -0.25) is 9.69 Å². The van der Waals surface area contributed by atoms with Crippen LogP contribution in [0.5, 0.6) is 16.7 Å². The number of aromatic nitrogens is 2. The summed E-state index contributed by atoms with van der Waals surface area (Å²) in [5.74, 6) is 0.411. The monoisotopic (exact) mass is 530 g/mol. The van der Waals surface area contributed by atoms with Gasteiger partial charge in [0.25, 0.3) is 0 Å². The van der Waals surface area contributed by atoms with E-state index in [1.54, 1.807) is 12.1 Å². The van der Waals surface area contributed by atoms with Crippen LogP contribution < -0.4 is 14.8 Å². The van der Waals surface area contributed by atoms with Crippen LogP contribution in [0.2, 0.25) is 0 Å². The van der Waals surface area contributed by atoms with Gasteiger partial charge < -0.3 is 14.8 Å². The second-order valence-electron chi connectivity index (χ2n) is 8.86. The highest BCUT2D eigenvalue weighted by Crippen LogP contribution is 2.31. The first-order valence-corrected chi connectivity index (χ1v) is 13.1. The minimum Gasteiger partial charge on any atom is -0.473 e. The van der Waals surface area contributed by atoms with Gasteiger partial charge in [0, 0.05) is 31.4 Å². The quantitative estimate of drug-likeness (QED) is 0.279. The zero-order chi connectivity index (χ0) is 26.3. The van der Waals surface area contributed by atoms with Gasteiger partial charge in [-0.25, -0.2) is 14.4 Å². The third kappa shape index (κ3) is 6.62. The van der Waals surface area contributed by atoms with Crippen LogP contribution in [-0.2, 0) is 11.4 Å². The molecule has 3 heterocycles. The van der Waals surface area contributed by atoms with E-state index in [1.165, 1.54) is 29.7 Å². The molecule has 0 radical (unpaired) electrons. The SMILES string of the molecule is CC(C(=O)Nc1ncc(Oc2cccc(F)c2)s1)N1CCC=C(c2ccc(OCc3ccccc3)nc2)C1. The number of hydrogen-bond donors (Lipinski definition) is 1. The number of pyridine rings is 1. The zero-order valence-electron chi connectivity index (χ0n) is 20.8. The maximum absolute atomic E-state index is 13.4. The molecule has 0 spiro atoms. The number of carbonyl (C=O) groups is 1. The fourth-order valence-corrected chi connectivity index (χ4v) is 4.77. The number of halogens is 1. The Morgan fingerprint density at radius 1 is 1.11 bits per heavy atom. The molecule has 0 fully saturated rings. The Hall–Kier alpha value is -4.08. The highest BCUT2D eigenvalue weighted by atomic mass is 32.1. The number of amides is 1. The molecule has 2 aromatic carbocycles. The molecular weight excluding hydrogens is 503 g/mol. The summed E-state index contributed by atoms with van der Waals surface area (Å²) in [6.07, 6.45) is 6.36. The van der Waals surface area contributed by atoms with E-state index >= 15 is 0 Å². The van der Waals surface area contributed by atoms with Gasteiger partial charge in [-0.15, -0.1) is 0 Å². The summed E-state index contributed by atoms with van der Waals surface area (Å²) in [4.78, 5) is 23.8. The van der Waals surface area contributed by atoms with Crippen molar-refractivity contribution in [3.8, 4) is 16.7 Å². The number of thiazole rings is 1. The molecular formula is C29H27FN4O3S. The van der Waals surface area contributed by atoms with E-state index in [-0.39, 0.29) is 17.8 Å². The number of benzene rings is 2. The molecule has 4 aromatic rings. The predicted molar refractivity (Wildman–Crippen MR) is 146 cm³/mol. The molecule has 2 aromatic heterocycles. The molecule has 194 valence electrons. The molecule has 1 aliphatic rings. The van der Waals surface area contributed by atoms with Crippen molar-refractivity contribution in [2.45, 2.75) is 26.0 Å². The van der Waals surface area contributed by atoms with E-state index < -0.39 is 0 Å². The largest absolute Gasteiger partial charge is 0.473 e. The number of rotatable bonds is 9. The van der Waals surface area contributed by atoms with Gasteiger partial charge in [0.1, 0.15) is 18.2 Å². The van der Waals surface area contributed by atoms with Crippen LogP contribution in [-0.4, -0.2) is 39.9 Å². The van der Waals surface area contributed by atoms with Crippen molar-refractivity contribution in [1.29, 1.82) is 0 Å². The summed E-state index contributed by atoms with van der Waals surface area (Å²) in [6.45, 7) is 3.75. The van der Waals surface area contributed by atoms with Crippen molar-refractivity contribution < 1.29 is 18.7 Å². The molecule has 0 saturated heterocycles. The minimum absolute atomic E-state index is 0.152. The van der Waals surface area contributed by atoms with E-state index in [1.807, 2.05) is 55.6 Å². The summed E-state index contributed by atoms with van der Waals surface area (Å²) in [6, 6.07) is 19.4. The van der Waals surface area contributed by atoms with Gasteiger partial charge >= 0.3 is 0 Å². The van der Waals surface area contributed by atoms with E-state index in [2.05, 4.69) is 26.3 Å². The summed E-state index contributed by atoms with van der Waals surface area (Å²) in [5.41, 5.74) is 3.22. The number of hydrogen-bond acceptors (Lipinski definition) is 7. The molecule has 9 heteroatoms. The second-order valence-corrected chi connectivity index (χ2v) is 9.85. The van der Waals surface area contributed by atoms with Crippen molar-refractivity contribution in [1.82, 2.24) is 14.9 Å². The summed E-state index contributed by atoms with van der Waals surface area (Å²) in [5, 5.41) is 3.76. The van der Waals surface area contributed by atoms with Crippen LogP contribution in [0, 0.1) is 5.82 Å². The summed E-state index contributed by atoms with van der Waals surface area (Å²) in [7, 11) is 0. The van der Waals surface area contributed by atoms with Gasteiger partial charge in [0.15, 0.2) is 5.13 Å². The molecule has 1 amide bonds. The third-order valence-corrected chi connectivity index (χ3v) is 6.96. The normalized spacial score (nSPS) is 14.4. The molecule has 5 rings (SSSR count). The zero-order valence-corrected chi connectivity index (χ0v) is 21.7. The van der Waals surface area contributed by atoms with Crippen molar-refractivity contribution in [3.05, 3.63) is 102 Å². The summed E-state index contributed by atoms with van der Waals surface area (Å²) >= 11 is 1.19. The van der Waals surface area contributed by atoms with Crippen LogP contribution >= 0.6 is 11.3 Å². The van der Waals surface area contributed by atoms with Crippen LogP contribution in [0.4, 0.5) is 9.52 Å². The number of nitrogens with zero attached hydrogens (tertiary/aromatic N) is 3. The number of nitrogens with one attached hydrogen (secondary N) is 1. The van der Waals surface area contributed by atoms with Gasteiger partial charge in [-0.05, 0) is 48.2 Å². The Bertz CT molecular complexity index is 1410. The van der Waals surface area contributed by atoms with Crippen molar-refractivity contribution >= 4 is 27.9 Å². The lowest BCUT2D eigenvalue weighted by atomic mass is 10.0. The first kappa shape index (κ1) is 25.6. The molecule has 38 heavy (non-hydrogen) atoms. The highest BCUT2D eigenvalue weighted by Gasteiger charge is 2.25. The van der Waals surface area contributed by atoms with Gasteiger partial charge in [0.2, 0.25) is 16.9 Å². The van der Waals surface area contributed by atoms with E-state index in [4.69, 9.17) is 9.47 Å². The lowest BCUT2D eigenvalue weighted by Crippen LogP contribution is -2.44. The van der Waals surface area contributed by atoms with E-state index in [0.717, 1.165) is 29.7 Å². The molecule has 7 nitrogen and oxygen atoms in total. The van der Waals surface area contributed by atoms with Crippen molar-refractivity contribution in [3.63, 3.8) is 0 Å². The van der Waals surface area contributed by atoms with Crippen LogP contribution in [0.25, 0.3) is 5.57 Å². The fourth-order valence-electron chi connectivity index (χ4n) is 4.08. The number of anilines is 1. The number of ether oxygens (including phenoxy) is 2. The maximum atomic E-state index is 13.4. The molecule has 1 unspecified atom stereocenters. The number of carbonyl (C=O) groups excluding carboxylic acids is 1. The second kappa shape index (κ2) is 12.0. The first-order chi connectivity index (χ1) is 18.5. The third-order valence-electron chi connectivity index (χ3n) is 6.17. The first-order valence-electron chi connectivity index (χ1n) is 12.3. The Balaban J connectivity index is 1.14. The Kier molecular flexibility index (Phi) is 8.06. The fraction of sp³-hybridized carbons (Fsp3) is 0.207. The Morgan fingerprint density at radius 3 is 2.76 bits per heavy atom.